The SMILES string of the molecule is COc1ccc2cc(CNCCC3=CCCC3)ccc2c1. The van der Waals surface area contributed by atoms with Gasteiger partial charge in [-0.1, -0.05) is 29.8 Å². The van der Waals surface area contributed by atoms with E-state index in [1.54, 1.807) is 12.7 Å². The van der Waals surface area contributed by atoms with Gasteiger partial charge >= 0.3 is 0 Å². The van der Waals surface area contributed by atoms with Crippen LogP contribution in [0.2, 0.25) is 0 Å². The highest BCUT2D eigenvalue weighted by atomic mass is 16.5. The van der Waals surface area contributed by atoms with Crippen LogP contribution >= 0.6 is 0 Å². The zero-order chi connectivity index (χ0) is 14.5. The van der Waals surface area contributed by atoms with Gasteiger partial charge in [0.15, 0.2) is 0 Å². The molecule has 2 aromatic carbocycles. The molecule has 0 saturated carbocycles. The van der Waals surface area contributed by atoms with Crippen LogP contribution in [0.1, 0.15) is 31.2 Å². The van der Waals surface area contributed by atoms with Crippen LogP contribution in [0, 0.1) is 0 Å². The summed E-state index contributed by atoms with van der Waals surface area (Å²) in [6, 6.07) is 12.9. The molecule has 0 fully saturated rings. The lowest BCUT2D eigenvalue weighted by molar-refractivity contribution is 0.415. The van der Waals surface area contributed by atoms with Gasteiger partial charge in [0, 0.05) is 6.54 Å². The first-order valence-electron chi connectivity index (χ1n) is 7.80. The number of benzene rings is 2. The van der Waals surface area contributed by atoms with Crippen molar-refractivity contribution in [3.63, 3.8) is 0 Å². The van der Waals surface area contributed by atoms with E-state index in [1.165, 1.54) is 42.0 Å². The molecular formula is C19H23NO. The highest BCUT2D eigenvalue weighted by Crippen LogP contribution is 2.22. The molecule has 0 aromatic heterocycles. The molecule has 0 amide bonds. The smallest absolute Gasteiger partial charge is 0.119 e. The van der Waals surface area contributed by atoms with E-state index in [4.69, 9.17) is 4.74 Å². The summed E-state index contributed by atoms with van der Waals surface area (Å²) in [4.78, 5) is 0. The largest absolute Gasteiger partial charge is 0.497 e. The van der Waals surface area contributed by atoms with Gasteiger partial charge in [0.05, 0.1) is 7.11 Å². The molecule has 2 heteroatoms. The van der Waals surface area contributed by atoms with Crippen molar-refractivity contribution in [2.75, 3.05) is 13.7 Å². The Bertz CT molecular complexity index is 645. The number of allylic oxidation sites excluding steroid dienone is 1. The number of fused-ring (bicyclic) bond motifs is 1. The van der Waals surface area contributed by atoms with E-state index in [1.807, 2.05) is 6.07 Å². The molecule has 0 atom stereocenters. The van der Waals surface area contributed by atoms with Crippen LogP contribution in [-0.4, -0.2) is 13.7 Å². The molecule has 3 rings (SSSR count). The molecule has 1 aliphatic carbocycles. The predicted octanol–water partition coefficient (Wildman–Crippen LogP) is 4.44. The lowest BCUT2D eigenvalue weighted by atomic mass is 10.1. The third kappa shape index (κ3) is 3.64. The molecule has 110 valence electrons. The number of hydrogen-bond donors (Lipinski definition) is 1. The third-order valence-corrected chi connectivity index (χ3v) is 4.20. The summed E-state index contributed by atoms with van der Waals surface area (Å²) in [5.41, 5.74) is 2.97. The highest BCUT2D eigenvalue weighted by Gasteiger charge is 2.04. The van der Waals surface area contributed by atoms with Crippen LogP contribution < -0.4 is 10.1 Å². The molecule has 2 aromatic rings. The molecule has 1 aliphatic rings. The summed E-state index contributed by atoms with van der Waals surface area (Å²) in [6.45, 7) is 2.02. The quantitative estimate of drug-likeness (QED) is 0.624. The highest BCUT2D eigenvalue weighted by molar-refractivity contribution is 5.84. The van der Waals surface area contributed by atoms with Gasteiger partial charge in [0.25, 0.3) is 0 Å². The summed E-state index contributed by atoms with van der Waals surface area (Å²) in [5.74, 6) is 0.915. The normalized spacial score (nSPS) is 14.4. The number of rotatable bonds is 6. The molecular weight excluding hydrogens is 258 g/mol. The van der Waals surface area contributed by atoms with Crippen LogP contribution in [0.3, 0.4) is 0 Å². The average Bonchev–Trinajstić information content (AvgIpc) is 3.04. The molecule has 1 N–H and O–H groups in total. The van der Waals surface area contributed by atoms with Crippen molar-refractivity contribution < 1.29 is 4.74 Å². The van der Waals surface area contributed by atoms with Crippen LogP contribution in [0.25, 0.3) is 10.8 Å². The summed E-state index contributed by atoms with van der Waals surface area (Å²) >= 11 is 0. The maximum absolute atomic E-state index is 5.26. The number of nitrogens with one attached hydrogen (secondary N) is 1. The maximum atomic E-state index is 5.26. The van der Waals surface area contributed by atoms with Gasteiger partial charge in [-0.25, -0.2) is 0 Å². The Morgan fingerprint density at radius 1 is 1.10 bits per heavy atom. The Labute approximate surface area is 126 Å². The lowest BCUT2D eigenvalue weighted by Gasteiger charge is -2.08. The summed E-state index contributed by atoms with van der Waals surface area (Å²) in [5, 5.41) is 6.05. The summed E-state index contributed by atoms with van der Waals surface area (Å²) in [7, 11) is 1.71. The van der Waals surface area contributed by atoms with E-state index in [0.29, 0.717) is 0 Å². The number of hydrogen-bond acceptors (Lipinski definition) is 2. The van der Waals surface area contributed by atoms with Crippen LogP contribution in [0.4, 0.5) is 0 Å². The Kier molecular flexibility index (Phi) is 4.56. The first-order valence-corrected chi connectivity index (χ1v) is 7.80. The maximum Gasteiger partial charge on any atom is 0.119 e. The van der Waals surface area contributed by atoms with Gasteiger partial charge in [0.2, 0.25) is 0 Å². The number of methoxy groups -OCH3 is 1. The van der Waals surface area contributed by atoms with Crippen molar-refractivity contribution in [2.24, 2.45) is 0 Å². The van der Waals surface area contributed by atoms with Gasteiger partial charge in [-0.15, -0.1) is 0 Å². The standard InChI is InChI=1S/C19H23NO/c1-21-19-9-8-17-12-16(6-7-18(17)13-19)14-20-11-10-15-4-2-3-5-15/h4,6-9,12-13,20H,2-3,5,10-11,14H2,1H3. The Morgan fingerprint density at radius 2 is 1.95 bits per heavy atom. The second-order valence-electron chi connectivity index (χ2n) is 5.73. The van der Waals surface area contributed by atoms with E-state index >= 15 is 0 Å². The van der Waals surface area contributed by atoms with Gasteiger partial charge in [-0.05, 0) is 66.8 Å². The Hall–Kier alpha value is -1.80. The molecule has 21 heavy (non-hydrogen) atoms. The predicted molar refractivity (Wildman–Crippen MR) is 88.8 cm³/mol. The van der Waals surface area contributed by atoms with Crippen LogP contribution in [0.5, 0.6) is 5.75 Å². The Balaban J connectivity index is 1.56. The van der Waals surface area contributed by atoms with Crippen molar-refractivity contribution in [1.29, 1.82) is 0 Å². The van der Waals surface area contributed by atoms with Gasteiger partial charge in [-0.3, -0.25) is 0 Å². The summed E-state index contributed by atoms with van der Waals surface area (Å²) in [6.07, 6.45) is 7.54. The molecule has 0 spiro atoms. The van der Waals surface area contributed by atoms with Crippen molar-refractivity contribution in [3.8, 4) is 5.75 Å². The average molecular weight is 281 g/mol. The molecule has 0 heterocycles. The minimum absolute atomic E-state index is 0.915. The topological polar surface area (TPSA) is 21.3 Å². The zero-order valence-electron chi connectivity index (χ0n) is 12.7. The molecule has 0 saturated heterocycles. The fourth-order valence-corrected chi connectivity index (χ4v) is 2.96. The van der Waals surface area contributed by atoms with Gasteiger partial charge in [-0.2, -0.15) is 0 Å². The molecule has 0 unspecified atom stereocenters. The van der Waals surface area contributed by atoms with Gasteiger partial charge in [0.1, 0.15) is 5.75 Å². The van der Waals surface area contributed by atoms with E-state index in [-0.39, 0.29) is 0 Å². The molecule has 0 radical (unpaired) electrons. The van der Waals surface area contributed by atoms with E-state index in [2.05, 4.69) is 41.7 Å². The minimum atomic E-state index is 0.915. The number of ether oxygens (including phenoxy) is 1. The summed E-state index contributed by atoms with van der Waals surface area (Å²) < 4.78 is 5.26. The fourth-order valence-electron chi connectivity index (χ4n) is 2.96. The van der Waals surface area contributed by atoms with Crippen molar-refractivity contribution in [3.05, 3.63) is 53.6 Å². The molecule has 2 nitrogen and oxygen atoms in total. The van der Waals surface area contributed by atoms with Crippen molar-refractivity contribution >= 4 is 10.8 Å². The van der Waals surface area contributed by atoms with Crippen LogP contribution in [0.15, 0.2) is 48.0 Å². The fraction of sp³-hybridized carbons (Fsp3) is 0.368. The van der Waals surface area contributed by atoms with E-state index in [9.17, 15) is 0 Å². The minimum Gasteiger partial charge on any atom is -0.497 e. The second kappa shape index (κ2) is 6.77. The molecule has 0 aliphatic heterocycles. The first kappa shape index (κ1) is 14.2. The lowest BCUT2D eigenvalue weighted by Crippen LogP contribution is -2.15. The second-order valence-corrected chi connectivity index (χ2v) is 5.73. The van der Waals surface area contributed by atoms with Crippen molar-refractivity contribution in [1.82, 2.24) is 5.32 Å². The van der Waals surface area contributed by atoms with E-state index in [0.717, 1.165) is 18.8 Å². The first-order chi connectivity index (χ1) is 10.3. The molecule has 0 bridgehead atoms. The van der Waals surface area contributed by atoms with Gasteiger partial charge < -0.3 is 10.1 Å². The Morgan fingerprint density at radius 3 is 2.76 bits per heavy atom. The monoisotopic (exact) mass is 281 g/mol. The third-order valence-electron chi connectivity index (χ3n) is 4.20. The zero-order valence-corrected chi connectivity index (χ0v) is 12.7. The van der Waals surface area contributed by atoms with Crippen molar-refractivity contribution in [2.45, 2.75) is 32.2 Å². The van der Waals surface area contributed by atoms with E-state index < -0.39 is 0 Å². The van der Waals surface area contributed by atoms with Crippen LogP contribution in [-0.2, 0) is 6.54 Å².